The van der Waals surface area contributed by atoms with Crippen LogP contribution in [0.4, 0.5) is 0 Å². The Hall–Kier alpha value is -1.53. The molecule has 5 nitrogen and oxygen atoms in total. The van der Waals surface area contributed by atoms with Crippen LogP contribution in [0.15, 0.2) is 24.8 Å². The van der Waals surface area contributed by atoms with Gasteiger partial charge in [0, 0.05) is 12.4 Å². The molecule has 0 atom stereocenters. The van der Waals surface area contributed by atoms with Crippen LogP contribution in [0.5, 0.6) is 0 Å². The summed E-state index contributed by atoms with van der Waals surface area (Å²) in [6, 6.07) is 0. The van der Waals surface area contributed by atoms with Gasteiger partial charge in [0.1, 0.15) is 0 Å². The zero-order valence-corrected chi connectivity index (χ0v) is 8.90. The average Bonchev–Trinajstić information content (AvgIpc) is 2.83. The highest BCUT2D eigenvalue weighted by molar-refractivity contribution is 7.18. The van der Waals surface area contributed by atoms with E-state index < -0.39 is 0 Å². The molecule has 3 heterocycles. The summed E-state index contributed by atoms with van der Waals surface area (Å²) in [7, 11) is 0. The predicted molar refractivity (Wildman–Crippen MR) is 56.9 cm³/mol. The number of hydrogen-bond acceptors (Lipinski definition) is 5. The molecule has 0 bridgehead atoms. The molecule has 0 saturated heterocycles. The maximum Gasteiger partial charge on any atom is 0.207 e. The van der Waals surface area contributed by atoms with Crippen molar-refractivity contribution in [1.82, 2.24) is 24.8 Å². The number of fused-ring (bicyclic) bond motifs is 1. The minimum absolute atomic E-state index is 0.424. The monoisotopic (exact) mass is 237 g/mol. The second kappa shape index (κ2) is 3.25. The first-order valence-electron chi connectivity index (χ1n) is 4.11. The Labute approximate surface area is 93.4 Å². The lowest BCUT2D eigenvalue weighted by atomic mass is 10.3. The fraction of sp³-hybridized carbons (Fsp3) is 0. The van der Waals surface area contributed by atoms with Crippen molar-refractivity contribution in [3.63, 3.8) is 0 Å². The van der Waals surface area contributed by atoms with Crippen molar-refractivity contribution in [2.45, 2.75) is 0 Å². The van der Waals surface area contributed by atoms with Crippen LogP contribution in [0.2, 0.25) is 4.47 Å². The largest absolute Gasteiger partial charge is 0.261 e. The molecule has 0 amide bonds. The molecule has 0 N–H and O–H groups in total. The molecule has 0 aliphatic heterocycles. The van der Waals surface area contributed by atoms with Gasteiger partial charge < -0.3 is 0 Å². The van der Waals surface area contributed by atoms with Gasteiger partial charge in [-0.2, -0.15) is 5.10 Å². The van der Waals surface area contributed by atoms with Crippen LogP contribution in [-0.4, -0.2) is 24.8 Å². The number of hydrogen-bond donors (Lipinski definition) is 0. The number of aromatic nitrogens is 5. The van der Waals surface area contributed by atoms with Gasteiger partial charge in [-0.15, -0.1) is 10.2 Å². The maximum absolute atomic E-state index is 5.73. The summed E-state index contributed by atoms with van der Waals surface area (Å²) in [5.74, 6) is 0. The number of halogens is 1. The number of nitrogens with zero attached hydrogens (tertiary/aromatic N) is 5. The van der Waals surface area contributed by atoms with E-state index in [2.05, 4.69) is 20.3 Å². The van der Waals surface area contributed by atoms with Gasteiger partial charge in [-0.05, 0) is 11.6 Å². The smallest absolute Gasteiger partial charge is 0.207 e. The molecule has 0 fully saturated rings. The first-order valence-corrected chi connectivity index (χ1v) is 5.31. The van der Waals surface area contributed by atoms with E-state index in [0.29, 0.717) is 4.47 Å². The minimum Gasteiger partial charge on any atom is -0.261 e. The molecule has 0 aromatic carbocycles. The SMILES string of the molecule is Clc1nnc(-c2cnn3ccncc23)s1. The Morgan fingerprint density at radius 1 is 1.27 bits per heavy atom. The lowest BCUT2D eigenvalue weighted by molar-refractivity contribution is 0.946. The molecular formula is C8H4ClN5S. The molecule has 0 aliphatic rings. The van der Waals surface area contributed by atoms with Crippen LogP contribution in [0.25, 0.3) is 16.1 Å². The van der Waals surface area contributed by atoms with Gasteiger partial charge in [-0.3, -0.25) is 4.98 Å². The predicted octanol–water partition coefficient (Wildman–Crippen LogP) is 1.90. The second-order valence-corrected chi connectivity index (χ2v) is 4.38. The van der Waals surface area contributed by atoms with Crippen molar-refractivity contribution in [2.24, 2.45) is 0 Å². The van der Waals surface area contributed by atoms with Crippen LogP contribution < -0.4 is 0 Å². The standard InChI is InChI=1S/C8H4ClN5S/c9-8-13-12-7(15-8)5-3-11-14-2-1-10-4-6(5)14/h1-4H. The van der Waals surface area contributed by atoms with E-state index in [4.69, 9.17) is 11.6 Å². The van der Waals surface area contributed by atoms with E-state index in [9.17, 15) is 0 Å². The molecule has 0 aliphatic carbocycles. The van der Waals surface area contributed by atoms with Crippen LogP contribution in [0, 0.1) is 0 Å². The molecule has 0 spiro atoms. The fourth-order valence-corrected chi connectivity index (χ4v) is 2.16. The van der Waals surface area contributed by atoms with E-state index in [1.807, 2.05) is 0 Å². The zero-order valence-electron chi connectivity index (χ0n) is 7.33. The first kappa shape index (κ1) is 8.75. The Kier molecular flexibility index (Phi) is 1.90. The summed E-state index contributed by atoms with van der Waals surface area (Å²) >= 11 is 7.05. The molecule has 7 heteroatoms. The van der Waals surface area contributed by atoms with Crippen LogP contribution >= 0.6 is 22.9 Å². The molecule has 0 radical (unpaired) electrons. The van der Waals surface area contributed by atoms with Crippen molar-refractivity contribution in [3.05, 3.63) is 29.3 Å². The topological polar surface area (TPSA) is 56.0 Å². The third kappa shape index (κ3) is 1.38. The lowest BCUT2D eigenvalue weighted by Crippen LogP contribution is -1.85. The van der Waals surface area contributed by atoms with Gasteiger partial charge in [-0.1, -0.05) is 11.3 Å². The quantitative estimate of drug-likeness (QED) is 0.649. The van der Waals surface area contributed by atoms with Crippen molar-refractivity contribution in [1.29, 1.82) is 0 Å². The molecule has 3 rings (SSSR count). The van der Waals surface area contributed by atoms with E-state index in [1.165, 1.54) is 11.3 Å². The molecule has 3 aromatic rings. The van der Waals surface area contributed by atoms with Gasteiger partial charge in [0.15, 0.2) is 5.01 Å². The highest BCUT2D eigenvalue weighted by Gasteiger charge is 2.10. The van der Waals surface area contributed by atoms with Crippen LogP contribution in [-0.2, 0) is 0 Å². The maximum atomic E-state index is 5.73. The van der Waals surface area contributed by atoms with Gasteiger partial charge >= 0.3 is 0 Å². The van der Waals surface area contributed by atoms with Crippen molar-refractivity contribution >= 4 is 28.5 Å². The summed E-state index contributed by atoms with van der Waals surface area (Å²) in [5.41, 5.74) is 1.79. The molecule has 3 aromatic heterocycles. The molecule has 0 unspecified atom stereocenters. The average molecular weight is 238 g/mol. The van der Waals surface area contributed by atoms with Crippen molar-refractivity contribution < 1.29 is 0 Å². The lowest BCUT2D eigenvalue weighted by Gasteiger charge is -1.91. The zero-order chi connectivity index (χ0) is 10.3. The molecular weight excluding hydrogens is 234 g/mol. The van der Waals surface area contributed by atoms with Crippen molar-refractivity contribution in [2.75, 3.05) is 0 Å². The van der Waals surface area contributed by atoms with Crippen LogP contribution in [0.1, 0.15) is 0 Å². The third-order valence-electron chi connectivity index (χ3n) is 1.96. The Morgan fingerprint density at radius 2 is 2.20 bits per heavy atom. The molecule has 0 saturated carbocycles. The summed E-state index contributed by atoms with van der Waals surface area (Å²) in [4.78, 5) is 4.04. The van der Waals surface area contributed by atoms with Gasteiger partial charge in [0.2, 0.25) is 4.47 Å². The first-order chi connectivity index (χ1) is 7.34. The number of rotatable bonds is 1. The molecule has 74 valence electrons. The highest BCUT2D eigenvalue weighted by Crippen LogP contribution is 2.28. The van der Waals surface area contributed by atoms with E-state index in [0.717, 1.165) is 16.1 Å². The highest BCUT2D eigenvalue weighted by atomic mass is 35.5. The van der Waals surface area contributed by atoms with Gasteiger partial charge in [0.25, 0.3) is 0 Å². The van der Waals surface area contributed by atoms with Gasteiger partial charge in [-0.25, -0.2) is 4.52 Å². The third-order valence-corrected chi connectivity index (χ3v) is 3.01. The molecule has 15 heavy (non-hydrogen) atoms. The van der Waals surface area contributed by atoms with Crippen LogP contribution in [0.3, 0.4) is 0 Å². The normalized spacial score (nSPS) is 11.0. The minimum atomic E-state index is 0.424. The van der Waals surface area contributed by atoms with E-state index in [-0.39, 0.29) is 0 Å². The second-order valence-electron chi connectivity index (χ2n) is 2.82. The van der Waals surface area contributed by atoms with E-state index in [1.54, 1.807) is 29.3 Å². The van der Waals surface area contributed by atoms with E-state index >= 15 is 0 Å². The Bertz CT molecular complexity index is 616. The fourth-order valence-electron chi connectivity index (χ4n) is 1.31. The van der Waals surface area contributed by atoms with Crippen molar-refractivity contribution in [3.8, 4) is 10.6 Å². The summed E-state index contributed by atoms with van der Waals surface area (Å²) < 4.78 is 2.16. The van der Waals surface area contributed by atoms with Gasteiger partial charge in [0.05, 0.1) is 23.5 Å². The summed E-state index contributed by atoms with van der Waals surface area (Å²) in [6.07, 6.45) is 6.92. The summed E-state index contributed by atoms with van der Waals surface area (Å²) in [6.45, 7) is 0. The summed E-state index contributed by atoms with van der Waals surface area (Å²) in [5, 5.41) is 12.6. The Morgan fingerprint density at radius 3 is 3.00 bits per heavy atom. The Balaban J connectivity index is 2.27.